The Morgan fingerprint density at radius 1 is 1.07 bits per heavy atom. The van der Waals surface area contributed by atoms with E-state index in [1.165, 1.54) is 22.7 Å². The minimum absolute atomic E-state index is 0.155. The molecule has 0 saturated heterocycles. The van der Waals surface area contributed by atoms with Gasteiger partial charge in [0.05, 0.1) is 21.8 Å². The van der Waals surface area contributed by atoms with E-state index in [4.69, 9.17) is 11.6 Å². The van der Waals surface area contributed by atoms with Crippen LogP contribution in [0.3, 0.4) is 0 Å². The standard InChI is InChI=1S/C20H16ClN3O2S2/c1-10-7-8-11(2)17-16(10)24-20(28-17)23-14(25)9-22-19(26)18-15(21)12-5-3-4-6-13(12)27-18/h3-8H,9H2,1-2H3,(H,22,26)(H,23,24,25). The summed E-state index contributed by atoms with van der Waals surface area (Å²) < 4.78 is 1.98. The largest absolute Gasteiger partial charge is 0.342 e. The van der Waals surface area contributed by atoms with Crippen molar-refractivity contribution in [3.8, 4) is 0 Å². The first kappa shape index (κ1) is 18.9. The topological polar surface area (TPSA) is 71.1 Å². The molecule has 2 amide bonds. The van der Waals surface area contributed by atoms with Gasteiger partial charge in [-0.2, -0.15) is 0 Å². The summed E-state index contributed by atoms with van der Waals surface area (Å²) in [6.45, 7) is 3.85. The van der Waals surface area contributed by atoms with Gasteiger partial charge in [-0.05, 0) is 31.0 Å². The SMILES string of the molecule is Cc1ccc(C)c2sc(NC(=O)CNC(=O)c3sc4ccccc4c3Cl)nc12. The number of aryl methyl sites for hydroxylation is 2. The third-order valence-electron chi connectivity index (χ3n) is 4.34. The van der Waals surface area contributed by atoms with E-state index in [1.54, 1.807) is 0 Å². The second kappa shape index (κ2) is 7.50. The van der Waals surface area contributed by atoms with Crippen molar-refractivity contribution in [2.45, 2.75) is 13.8 Å². The lowest BCUT2D eigenvalue weighted by Crippen LogP contribution is -2.32. The van der Waals surface area contributed by atoms with Crippen LogP contribution in [0.25, 0.3) is 20.3 Å². The van der Waals surface area contributed by atoms with E-state index in [0.717, 1.165) is 31.4 Å². The monoisotopic (exact) mass is 429 g/mol. The molecule has 0 aliphatic heterocycles. The van der Waals surface area contributed by atoms with E-state index < -0.39 is 0 Å². The number of hydrogen-bond donors (Lipinski definition) is 2. The lowest BCUT2D eigenvalue weighted by molar-refractivity contribution is -0.115. The number of thiophene rings is 1. The highest BCUT2D eigenvalue weighted by molar-refractivity contribution is 7.22. The van der Waals surface area contributed by atoms with E-state index in [2.05, 4.69) is 15.6 Å². The Morgan fingerprint density at radius 2 is 1.82 bits per heavy atom. The number of halogens is 1. The smallest absolute Gasteiger partial charge is 0.263 e. The highest BCUT2D eigenvalue weighted by Gasteiger charge is 2.18. The lowest BCUT2D eigenvalue weighted by atomic mass is 10.1. The van der Waals surface area contributed by atoms with Crippen LogP contribution >= 0.6 is 34.3 Å². The van der Waals surface area contributed by atoms with Gasteiger partial charge in [0, 0.05) is 10.1 Å². The van der Waals surface area contributed by atoms with Gasteiger partial charge in [-0.3, -0.25) is 9.59 Å². The lowest BCUT2D eigenvalue weighted by Gasteiger charge is -2.04. The van der Waals surface area contributed by atoms with Crippen LogP contribution in [0.1, 0.15) is 20.8 Å². The summed E-state index contributed by atoms with van der Waals surface area (Å²) in [6, 6.07) is 11.6. The maximum absolute atomic E-state index is 12.4. The molecule has 0 radical (unpaired) electrons. The second-order valence-electron chi connectivity index (χ2n) is 6.37. The fourth-order valence-electron chi connectivity index (χ4n) is 2.88. The van der Waals surface area contributed by atoms with Gasteiger partial charge < -0.3 is 10.6 Å². The Labute approximate surface area is 174 Å². The van der Waals surface area contributed by atoms with E-state index in [1.807, 2.05) is 50.2 Å². The van der Waals surface area contributed by atoms with Crippen LogP contribution in [-0.2, 0) is 4.79 Å². The third-order valence-corrected chi connectivity index (χ3v) is 7.12. The van der Waals surface area contributed by atoms with Crippen LogP contribution in [0.15, 0.2) is 36.4 Å². The number of carbonyl (C=O) groups is 2. The Balaban J connectivity index is 1.44. The number of carbonyl (C=O) groups excluding carboxylic acids is 2. The molecule has 0 fully saturated rings. The fourth-order valence-corrected chi connectivity index (χ4v) is 5.34. The number of nitrogens with one attached hydrogen (secondary N) is 2. The molecular weight excluding hydrogens is 414 g/mol. The molecule has 2 heterocycles. The summed E-state index contributed by atoms with van der Waals surface area (Å²) in [6.07, 6.45) is 0. The summed E-state index contributed by atoms with van der Waals surface area (Å²) in [5, 5.41) is 7.16. The number of rotatable bonds is 4. The number of aromatic nitrogens is 1. The maximum Gasteiger partial charge on any atom is 0.263 e. The number of fused-ring (bicyclic) bond motifs is 2. The number of benzene rings is 2. The van der Waals surface area contributed by atoms with Crippen molar-refractivity contribution in [1.29, 1.82) is 0 Å². The Hall–Kier alpha value is -2.48. The molecule has 142 valence electrons. The molecule has 0 bridgehead atoms. The number of hydrogen-bond acceptors (Lipinski definition) is 5. The zero-order valence-corrected chi connectivity index (χ0v) is 17.5. The van der Waals surface area contributed by atoms with Crippen molar-refractivity contribution >= 4 is 71.5 Å². The molecule has 2 aromatic heterocycles. The summed E-state index contributed by atoms with van der Waals surface area (Å²) >= 11 is 9.05. The molecule has 2 N–H and O–H groups in total. The van der Waals surface area contributed by atoms with Crippen molar-refractivity contribution in [2.75, 3.05) is 11.9 Å². The average molecular weight is 430 g/mol. The predicted molar refractivity (Wildman–Crippen MR) is 117 cm³/mol. The van der Waals surface area contributed by atoms with Gasteiger partial charge in [0.25, 0.3) is 5.91 Å². The second-order valence-corrected chi connectivity index (χ2v) is 8.80. The van der Waals surface area contributed by atoms with Crippen LogP contribution in [0, 0.1) is 13.8 Å². The molecule has 2 aromatic carbocycles. The highest BCUT2D eigenvalue weighted by atomic mass is 35.5. The Kier molecular flexibility index (Phi) is 5.05. The van der Waals surface area contributed by atoms with Gasteiger partial charge in [0.2, 0.25) is 5.91 Å². The summed E-state index contributed by atoms with van der Waals surface area (Å²) in [4.78, 5) is 29.6. The van der Waals surface area contributed by atoms with Crippen LogP contribution in [0.5, 0.6) is 0 Å². The van der Waals surface area contributed by atoms with Gasteiger partial charge >= 0.3 is 0 Å². The predicted octanol–water partition coefficient (Wildman–Crippen LogP) is 5.15. The minimum Gasteiger partial charge on any atom is -0.342 e. The number of amides is 2. The van der Waals surface area contributed by atoms with Gasteiger partial charge in [0.15, 0.2) is 5.13 Å². The van der Waals surface area contributed by atoms with Gasteiger partial charge in [-0.1, -0.05) is 53.3 Å². The molecule has 0 unspecified atom stereocenters. The quantitative estimate of drug-likeness (QED) is 0.471. The van der Waals surface area contributed by atoms with Crippen LogP contribution in [-0.4, -0.2) is 23.3 Å². The minimum atomic E-state index is -0.364. The molecule has 28 heavy (non-hydrogen) atoms. The first-order valence-corrected chi connectivity index (χ1v) is 10.6. The summed E-state index contributed by atoms with van der Waals surface area (Å²) in [5.41, 5.74) is 3.07. The molecule has 4 aromatic rings. The van der Waals surface area contributed by atoms with E-state index in [-0.39, 0.29) is 18.4 Å². The van der Waals surface area contributed by atoms with Crippen molar-refractivity contribution in [3.05, 3.63) is 57.4 Å². The summed E-state index contributed by atoms with van der Waals surface area (Å²) in [7, 11) is 0. The van der Waals surface area contributed by atoms with Crippen molar-refractivity contribution < 1.29 is 9.59 Å². The van der Waals surface area contributed by atoms with Gasteiger partial charge in [0.1, 0.15) is 4.88 Å². The summed E-state index contributed by atoms with van der Waals surface area (Å²) in [5.74, 6) is -0.697. The highest BCUT2D eigenvalue weighted by Crippen LogP contribution is 2.35. The van der Waals surface area contributed by atoms with Crippen LogP contribution in [0.4, 0.5) is 5.13 Å². The maximum atomic E-state index is 12.4. The number of thiazole rings is 1. The van der Waals surface area contributed by atoms with Crippen LogP contribution in [0.2, 0.25) is 5.02 Å². The number of nitrogens with zero attached hydrogens (tertiary/aromatic N) is 1. The first-order valence-electron chi connectivity index (χ1n) is 8.56. The Bertz CT molecular complexity index is 1190. The van der Waals surface area contributed by atoms with Gasteiger partial charge in [-0.25, -0.2) is 4.98 Å². The zero-order valence-electron chi connectivity index (χ0n) is 15.1. The van der Waals surface area contributed by atoms with Gasteiger partial charge in [-0.15, -0.1) is 11.3 Å². The third kappa shape index (κ3) is 3.48. The molecule has 0 spiro atoms. The van der Waals surface area contributed by atoms with Crippen molar-refractivity contribution in [1.82, 2.24) is 10.3 Å². The van der Waals surface area contributed by atoms with Crippen molar-refractivity contribution in [3.63, 3.8) is 0 Å². The molecule has 5 nitrogen and oxygen atoms in total. The molecule has 0 atom stereocenters. The molecule has 0 saturated carbocycles. The molecular formula is C20H16ClN3O2S2. The fraction of sp³-hybridized carbons (Fsp3) is 0.150. The Morgan fingerprint density at radius 3 is 2.57 bits per heavy atom. The normalized spacial score (nSPS) is 11.1. The van der Waals surface area contributed by atoms with Crippen molar-refractivity contribution in [2.24, 2.45) is 0 Å². The van der Waals surface area contributed by atoms with E-state index >= 15 is 0 Å². The first-order chi connectivity index (χ1) is 13.4. The average Bonchev–Trinajstić information content (AvgIpc) is 3.26. The molecule has 0 aliphatic carbocycles. The van der Waals surface area contributed by atoms with E-state index in [0.29, 0.717) is 15.0 Å². The zero-order chi connectivity index (χ0) is 19.8. The molecule has 4 rings (SSSR count). The molecule has 0 aliphatic rings. The number of anilines is 1. The van der Waals surface area contributed by atoms with Crippen LogP contribution < -0.4 is 10.6 Å². The molecule has 8 heteroatoms. The van der Waals surface area contributed by atoms with E-state index in [9.17, 15) is 9.59 Å².